The second kappa shape index (κ2) is 7.20. The van der Waals surface area contributed by atoms with E-state index in [9.17, 15) is 13.2 Å². The molecule has 3 rings (SSSR count). The normalized spacial score (nSPS) is 11.3. The Labute approximate surface area is 153 Å². The lowest BCUT2D eigenvalue weighted by Crippen LogP contribution is -2.20. The van der Waals surface area contributed by atoms with Gasteiger partial charge >= 0.3 is 0 Å². The average molecular weight is 393 g/mol. The van der Waals surface area contributed by atoms with Crippen LogP contribution in [0.1, 0.15) is 0 Å². The van der Waals surface area contributed by atoms with Crippen LogP contribution in [0.15, 0.2) is 53.4 Å². The highest BCUT2D eigenvalue weighted by atomic mass is 35.5. The number of benzene rings is 2. The van der Waals surface area contributed by atoms with E-state index >= 15 is 0 Å². The molecule has 11 heteroatoms. The summed E-state index contributed by atoms with van der Waals surface area (Å²) >= 11 is 6.08. The van der Waals surface area contributed by atoms with Gasteiger partial charge in [0.2, 0.25) is 21.8 Å². The molecule has 9 nitrogen and oxygen atoms in total. The fraction of sp³-hybridized carbons (Fsp3) is 0.0667. The van der Waals surface area contributed by atoms with Crippen molar-refractivity contribution in [1.29, 1.82) is 0 Å². The maximum Gasteiger partial charge on any atom is 0.248 e. The number of tetrazole rings is 1. The lowest BCUT2D eigenvalue weighted by Gasteiger charge is -2.05. The molecule has 0 fully saturated rings. The van der Waals surface area contributed by atoms with E-state index in [4.69, 9.17) is 16.7 Å². The number of nitrogens with zero attached hydrogens (tertiary/aromatic N) is 4. The van der Waals surface area contributed by atoms with Crippen molar-refractivity contribution in [2.75, 3.05) is 5.32 Å². The first-order chi connectivity index (χ1) is 12.3. The molecule has 1 aromatic heterocycles. The van der Waals surface area contributed by atoms with Crippen molar-refractivity contribution in [1.82, 2.24) is 20.2 Å². The Morgan fingerprint density at radius 2 is 1.85 bits per heavy atom. The molecule has 0 aliphatic heterocycles. The smallest absolute Gasteiger partial charge is 0.248 e. The second-order valence-corrected chi connectivity index (χ2v) is 7.21. The third kappa shape index (κ3) is 4.23. The first-order valence-electron chi connectivity index (χ1n) is 7.28. The van der Waals surface area contributed by atoms with E-state index in [1.54, 1.807) is 24.3 Å². The minimum Gasteiger partial charge on any atom is -0.324 e. The highest BCUT2D eigenvalue weighted by Crippen LogP contribution is 2.23. The molecule has 134 valence electrons. The van der Waals surface area contributed by atoms with Gasteiger partial charge in [-0.25, -0.2) is 13.6 Å². The van der Waals surface area contributed by atoms with Gasteiger partial charge in [-0.2, -0.15) is 4.80 Å². The van der Waals surface area contributed by atoms with Crippen LogP contribution in [0.2, 0.25) is 5.02 Å². The number of sulfonamides is 1. The van der Waals surface area contributed by atoms with Crippen molar-refractivity contribution in [3.8, 4) is 11.4 Å². The summed E-state index contributed by atoms with van der Waals surface area (Å²) in [6.07, 6.45) is 0. The van der Waals surface area contributed by atoms with E-state index in [2.05, 4.69) is 20.7 Å². The molecular weight excluding hydrogens is 380 g/mol. The monoisotopic (exact) mass is 392 g/mol. The quantitative estimate of drug-likeness (QED) is 0.671. The van der Waals surface area contributed by atoms with E-state index < -0.39 is 15.9 Å². The Hall–Kier alpha value is -2.82. The summed E-state index contributed by atoms with van der Waals surface area (Å²) in [7, 11) is -3.78. The second-order valence-electron chi connectivity index (χ2n) is 5.24. The Morgan fingerprint density at radius 3 is 2.50 bits per heavy atom. The summed E-state index contributed by atoms with van der Waals surface area (Å²) in [5.74, 6) is -0.0997. The molecule has 0 saturated carbocycles. The summed E-state index contributed by atoms with van der Waals surface area (Å²) < 4.78 is 22.4. The molecule has 1 heterocycles. The van der Waals surface area contributed by atoms with Crippen molar-refractivity contribution in [2.24, 2.45) is 5.14 Å². The van der Waals surface area contributed by atoms with Crippen LogP contribution in [0.4, 0.5) is 5.69 Å². The third-order valence-electron chi connectivity index (χ3n) is 3.32. The molecule has 3 aromatic rings. The molecule has 2 aromatic carbocycles. The number of primary sulfonamides is 1. The van der Waals surface area contributed by atoms with Gasteiger partial charge in [0.25, 0.3) is 0 Å². The van der Waals surface area contributed by atoms with Crippen LogP contribution in [-0.2, 0) is 21.4 Å². The number of rotatable bonds is 5. The standard InChI is InChI=1S/C15H13ClN6O3S/c16-13-4-2-1-3-12(13)15-19-21-22(20-15)9-14(23)18-10-5-7-11(8-6-10)26(17,24)25/h1-8H,9H2,(H,18,23)(H2,17,24,25). The minimum atomic E-state index is -3.78. The van der Waals surface area contributed by atoms with Crippen molar-refractivity contribution in [3.63, 3.8) is 0 Å². The lowest BCUT2D eigenvalue weighted by molar-refractivity contribution is -0.117. The van der Waals surface area contributed by atoms with Crippen molar-refractivity contribution < 1.29 is 13.2 Å². The zero-order valence-corrected chi connectivity index (χ0v) is 14.8. The summed E-state index contributed by atoms with van der Waals surface area (Å²) in [5, 5.41) is 19.9. The largest absolute Gasteiger partial charge is 0.324 e. The highest BCUT2D eigenvalue weighted by Gasteiger charge is 2.12. The van der Waals surface area contributed by atoms with Gasteiger partial charge in [-0.05, 0) is 41.6 Å². The number of nitrogens with two attached hydrogens (primary N) is 1. The average Bonchev–Trinajstić information content (AvgIpc) is 3.03. The molecule has 0 atom stereocenters. The van der Waals surface area contributed by atoms with E-state index in [-0.39, 0.29) is 11.4 Å². The van der Waals surface area contributed by atoms with Gasteiger partial charge in [-0.1, -0.05) is 23.7 Å². The molecule has 0 aliphatic carbocycles. The van der Waals surface area contributed by atoms with Gasteiger partial charge in [0, 0.05) is 11.3 Å². The number of carbonyl (C=O) groups excluding carboxylic acids is 1. The Balaban J connectivity index is 1.67. The van der Waals surface area contributed by atoms with Gasteiger partial charge in [0.1, 0.15) is 6.54 Å². The zero-order valence-electron chi connectivity index (χ0n) is 13.2. The topological polar surface area (TPSA) is 133 Å². The minimum absolute atomic E-state index is 0.0437. The van der Waals surface area contributed by atoms with E-state index in [1.807, 2.05) is 0 Å². The summed E-state index contributed by atoms with van der Waals surface area (Å²) in [5.41, 5.74) is 1.02. The number of carbonyl (C=O) groups is 1. The van der Waals surface area contributed by atoms with Gasteiger partial charge in [-0.15, -0.1) is 10.2 Å². The summed E-state index contributed by atoms with van der Waals surface area (Å²) in [4.78, 5) is 13.2. The molecule has 1 amide bonds. The molecular formula is C15H13ClN6O3S. The number of hydrogen-bond acceptors (Lipinski definition) is 6. The number of anilines is 1. The maximum atomic E-state index is 12.1. The fourth-order valence-corrected chi connectivity index (χ4v) is 2.85. The first kappa shape index (κ1) is 18.0. The third-order valence-corrected chi connectivity index (χ3v) is 4.58. The van der Waals surface area contributed by atoms with Gasteiger partial charge in [0.05, 0.1) is 9.92 Å². The van der Waals surface area contributed by atoms with Gasteiger partial charge in [-0.3, -0.25) is 4.79 Å². The molecule has 0 radical (unpaired) electrons. The predicted molar refractivity (Wildman–Crippen MR) is 94.7 cm³/mol. The number of amides is 1. The molecule has 0 aliphatic rings. The Bertz CT molecular complexity index is 1050. The summed E-state index contributed by atoms with van der Waals surface area (Å²) in [6.45, 7) is -0.172. The number of hydrogen-bond donors (Lipinski definition) is 2. The van der Waals surface area contributed by atoms with Crippen LogP contribution < -0.4 is 10.5 Å². The van der Waals surface area contributed by atoms with Crippen molar-refractivity contribution >= 4 is 33.2 Å². The van der Waals surface area contributed by atoms with Crippen molar-refractivity contribution in [2.45, 2.75) is 11.4 Å². The van der Waals surface area contributed by atoms with Crippen LogP contribution in [-0.4, -0.2) is 34.5 Å². The Morgan fingerprint density at radius 1 is 1.15 bits per heavy atom. The van der Waals surface area contributed by atoms with Crippen LogP contribution in [0, 0.1) is 0 Å². The Kier molecular flexibility index (Phi) is 4.98. The molecule has 26 heavy (non-hydrogen) atoms. The maximum absolute atomic E-state index is 12.1. The summed E-state index contributed by atoms with van der Waals surface area (Å²) in [6, 6.07) is 12.5. The van der Waals surface area contributed by atoms with E-state index in [0.29, 0.717) is 22.1 Å². The van der Waals surface area contributed by atoms with Crippen LogP contribution in [0.5, 0.6) is 0 Å². The van der Waals surface area contributed by atoms with Crippen molar-refractivity contribution in [3.05, 3.63) is 53.6 Å². The molecule has 0 bridgehead atoms. The SMILES string of the molecule is NS(=O)(=O)c1ccc(NC(=O)Cn2nnc(-c3ccccc3Cl)n2)cc1. The molecule has 0 saturated heterocycles. The molecule has 0 spiro atoms. The van der Waals surface area contributed by atoms with Crippen LogP contribution in [0.3, 0.4) is 0 Å². The first-order valence-corrected chi connectivity index (χ1v) is 9.21. The fourth-order valence-electron chi connectivity index (χ4n) is 2.12. The zero-order chi connectivity index (χ0) is 18.7. The van der Waals surface area contributed by atoms with Crippen LogP contribution in [0.25, 0.3) is 11.4 Å². The van der Waals surface area contributed by atoms with E-state index in [0.717, 1.165) is 4.80 Å². The van der Waals surface area contributed by atoms with Crippen LogP contribution >= 0.6 is 11.6 Å². The number of aromatic nitrogens is 4. The number of nitrogens with one attached hydrogen (secondary N) is 1. The van der Waals surface area contributed by atoms with Gasteiger partial charge in [0.15, 0.2) is 0 Å². The van der Waals surface area contributed by atoms with Gasteiger partial charge < -0.3 is 5.32 Å². The molecule has 0 unspecified atom stereocenters. The predicted octanol–water partition coefficient (Wildman–Crippen LogP) is 1.28. The lowest BCUT2D eigenvalue weighted by atomic mass is 10.2. The molecule has 3 N–H and O–H groups in total. The highest BCUT2D eigenvalue weighted by molar-refractivity contribution is 7.89. The number of halogens is 1. The van der Waals surface area contributed by atoms with E-state index in [1.165, 1.54) is 24.3 Å².